The monoisotopic (exact) mass is 196 g/mol. The molecule has 0 aromatic carbocycles. The molecule has 0 radical (unpaired) electrons. The van der Waals surface area contributed by atoms with Crippen LogP contribution in [0.2, 0.25) is 0 Å². The van der Waals surface area contributed by atoms with E-state index in [1.807, 2.05) is 11.3 Å². The highest BCUT2D eigenvalue weighted by atomic mass is 32.1. The van der Waals surface area contributed by atoms with Crippen molar-refractivity contribution in [1.29, 1.82) is 0 Å². The zero-order valence-corrected chi connectivity index (χ0v) is 8.86. The Morgan fingerprint density at radius 3 is 2.69 bits per heavy atom. The van der Waals surface area contributed by atoms with Crippen LogP contribution in [0.3, 0.4) is 0 Å². The van der Waals surface area contributed by atoms with Gasteiger partial charge in [-0.2, -0.15) is 0 Å². The van der Waals surface area contributed by atoms with Crippen LogP contribution >= 0.6 is 11.3 Å². The maximum atomic E-state index is 5.97. The Kier molecular flexibility index (Phi) is 2.44. The summed E-state index contributed by atoms with van der Waals surface area (Å²) in [4.78, 5) is 3.82. The van der Waals surface area contributed by atoms with Crippen LogP contribution < -0.4 is 10.6 Å². The first-order valence-corrected chi connectivity index (χ1v) is 5.76. The Balaban J connectivity index is 2.22. The van der Waals surface area contributed by atoms with Crippen molar-refractivity contribution in [2.24, 2.45) is 0 Å². The van der Waals surface area contributed by atoms with E-state index >= 15 is 0 Å². The first kappa shape index (κ1) is 8.88. The van der Waals surface area contributed by atoms with Gasteiger partial charge < -0.3 is 10.6 Å². The number of nitrogen functional groups attached to an aromatic ring is 1. The van der Waals surface area contributed by atoms with Gasteiger partial charge in [-0.25, -0.2) is 0 Å². The summed E-state index contributed by atoms with van der Waals surface area (Å²) in [6.45, 7) is 4.56. The van der Waals surface area contributed by atoms with E-state index in [9.17, 15) is 0 Å². The Bertz CT molecular complexity index is 287. The van der Waals surface area contributed by atoms with Crippen LogP contribution in [-0.2, 0) is 6.42 Å². The lowest BCUT2D eigenvalue weighted by molar-refractivity contribution is 0.949. The van der Waals surface area contributed by atoms with Crippen LogP contribution in [0.15, 0.2) is 6.07 Å². The molecule has 0 aliphatic carbocycles. The van der Waals surface area contributed by atoms with Crippen molar-refractivity contribution in [1.82, 2.24) is 0 Å². The van der Waals surface area contributed by atoms with E-state index in [0.717, 1.165) is 12.1 Å². The second-order valence-electron chi connectivity index (χ2n) is 3.52. The average Bonchev–Trinajstić information content (AvgIpc) is 2.72. The summed E-state index contributed by atoms with van der Waals surface area (Å²) in [6.07, 6.45) is 3.74. The van der Waals surface area contributed by atoms with Gasteiger partial charge in [-0.05, 0) is 25.3 Å². The van der Waals surface area contributed by atoms with Crippen LogP contribution in [0.1, 0.15) is 24.6 Å². The summed E-state index contributed by atoms with van der Waals surface area (Å²) in [5.74, 6) is 0. The van der Waals surface area contributed by atoms with Crippen molar-refractivity contribution in [2.45, 2.75) is 26.2 Å². The standard InChI is InChI=1S/C10H16N2S/c1-2-8-7-9(11)10(13-8)12-5-3-4-6-12/h7H,2-6,11H2,1H3. The van der Waals surface area contributed by atoms with Crippen molar-refractivity contribution in [3.63, 3.8) is 0 Å². The second-order valence-corrected chi connectivity index (χ2v) is 4.64. The fourth-order valence-electron chi connectivity index (χ4n) is 1.79. The minimum absolute atomic E-state index is 0.976. The first-order chi connectivity index (χ1) is 6.31. The molecule has 0 amide bonds. The number of nitrogens with two attached hydrogens (primary N) is 1. The van der Waals surface area contributed by atoms with Gasteiger partial charge in [0.05, 0.1) is 5.69 Å². The average molecular weight is 196 g/mol. The number of anilines is 2. The minimum atomic E-state index is 0.976. The predicted molar refractivity (Wildman–Crippen MR) is 59.6 cm³/mol. The Labute approximate surface area is 83.4 Å². The highest BCUT2D eigenvalue weighted by molar-refractivity contribution is 7.16. The van der Waals surface area contributed by atoms with Gasteiger partial charge in [0.25, 0.3) is 0 Å². The summed E-state index contributed by atoms with van der Waals surface area (Å²) in [5, 5.41) is 1.30. The molecule has 1 aliphatic heterocycles. The van der Waals surface area contributed by atoms with E-state index < -0.39 is 0 Å². The molecule has 72 valence electrons. The lowest BCUT2D eigenvalue weighted by atomic mass is 10.3. The first-order valence-electron chi connectivity index (χ1n) is 4.94. The lowest BCUT2D eigenvalue weighted by Gasteiger charge is -2.15. The normalized spacial score (nSPS) is 16.8. The molecular formula is C10H16N2S. The molecule has 1 saturated heterocycles. The molecule has 0 saturated carbocycles. The summed E-state index contributed by atoms with van der Waals surface area (Å²) in [6, 6.07) is 2.12. The number of thiophene rings is 1. The largest absolute Gasteiger partial charge is 0.396 e. The number of rotatable bonds is 2. The van der Waals surface area contributed by atoms with Gasteiger partial charge in [-0.15, -0.1) is 11.3 Å². The fourth-order valence-corrected chi connectivity index (χ4v) is 2.86. The molecule has 0 bridgehead atoms. The van der Waals surface area contributed by atoms with E-state index in [1.54, 1.807) is 0 Å². The molecule has 1 aliphatic rings. The van der Waals surface area contributed by atoms with Gasteiger partial charge >= 0.3 is 0 Å². The van der Waals surface area contributed by atoms with Crippen LogP contribution in [0, 0.1) is 0 Å². The van der Waals surface area contributed by atoms with Gasteiger partial charge in [0.15, 0.2) is 0 Å². The molecule has 1 aromatic rings. The molecule has 2 N–H and O–H groups in total. The van der Waals surface area contributed by atoms with Crippen molar-refractivity contribution in [2.75, 3.05) is 23.7 Å². The molecule has 0 unspecified atom stereocenters. The molecule has 2 rings (SSSR count). The molecule has 0 spiro atoms. The van der Waals surface area contributed by atoms with E-state index in [1.165, 1.54) is 35.8 Å². The third-order valence-electron chi connectivity index (χ3n) is 2.53. The van der Waals surface area contributed by atoms with Gasteiger partial charge in [0.1, 0.15) is 5.00 Å². The molecule has 13 heavy (non-hydrogen) atoms. The van der Waals surface area contributed by atoms with E-state index in [0.29, 0.717) is 0 Å². The third kappa shape index (κ3) is 1.66. The number of hydrogen-bond donors (Lipinski definition) is 1. The molecule has 1 fully saturated rings. The van der Waals surface area contributed by atoms with Crippen LogP contribution in [0.4, 0.5) is 10.7 Å². The molecule has 3 heteroatoms. The fraction of sp³-hybridized carbons (Fsp3) is 0.600. The summed E-state index contributed by atoms with van der Waals surface area (Å²) in [7, 11) is 0. The SMILES string of the molecule is CCc1cc(N)c(N2CCCC2)s1. The van der Waals surface area contributed by atoms with Crippen LogP contribution in [0.25, 0.3) is 0 Å². The zero-order valence-electron chi connectivity index (χ0n) is 8.05. The van der Waals surface area contributed by atoms with Crippen LogP contribution in [0.5, 0.6) is 0 Å². The van der Waals surface area contributed by atoms with Crippen molar-refractivity contribution < 1.29 is 0 Å². The predicted octanol–water partition coefficient (Wildman–Crippen LogP) is 2.49. The molecular weight excluding hydrogens is 180 g/mol. The summed E-state index contributed by atoms with van der Waals surface area (Å²) < 4.78 is 0. The van der Waals surface area contributed by atoms with Crippen LogP contribution in [-0.4, -0.2) is 13.1 Å². The Morgan fingerprint density at radius 2 is 2.15 bits per heavy atom. The molecule has 0 atom stereocenters. The van der Waals surface area contributed by atoms with E-state index in [4.69, 9.17) is 5.73 Å². The zero-order chi connectivity index (χ0) is 9.26. The molecule has 2 heterocycles. The van der Waals surface area contributed by atoms with Crippen molar-refractivity contribution in [3.05, 3.63) is 10.9 Å². The maximum Gasteiger partial charge on any atom is 0.115 e. The number of nitrogens with zero attached hydrogens (tertiary/aromatic N) is 1. The minimum Gasteiger partial charge on any atom is -0.396 e. The Hall–Kier alpha value is -0.700. The van der Waals surface area contributed by atoms with E-state index in [-0.39, 0.29) is 0 Å². The quantitative estimate of drug-likeness (QED) is 0.787. The van der Waals surface area contributed by atoms with Gasteiger partial charge in [0.2, 0.25) is 0 Å². The Morgan fingerprint density at radius 1 is 1.46 bits per heavy atom. The van der Waals surface area contributed by atoms with E-state index in [2.05, 4.69) is 17.9 Å². The number of hydrogen-bond acceptors (Lipinski definition) is 3. The topological polar surface area (TPSA) is 29.3 Å². The lowest BCUT2D eigenvalue weighted by Crippen LogP contribution is -2.17. The second kappa shape index (κ2) is 3.58. The van der Waals surface area contributed by atoms with Gasteiger partial charge in [-0.1, -0.05) is 6.92 Å². The third-order valence-corrected chi connectivity index (χ3v) is 3.89. The van der Waals surface area contributed by atoms with Gasteiger partial charge in [0, 0.05) is 18.0 Å². The summed E-state index contributed by atoms with van der Waals surface area (Å²) in [5.41, 5.74) is 6.94. The van der Waals surface area contributed by atoms with Gasteiger partial charge in [-0.3, -0.25) is 0 Å². The van der Waals surface area contributed by atoms with Crippen molar-refractivity contribution in [3.8, 4) is 0 Å². The molecule has 2 nitrogen and oxygen atoms in total. The highest BCUT2D eigenvalue weighted by Crippen LogP contribution is 2.35. The van der Waals surface area contributed by atoms with Crippen molar-refractivity contribution >= 4 is 22.0 Å². The smallest absolute Gasteiger partial charge is 0.115 e. The molecule has 1 aromatic heterocycles. The number of aryl methyl sites for hydroxylation is 1. The highest BCUT2D eigenvalue weighted by Gasteiger charge is 2.16. The summed E-state index contributed by atoms with van der Waals surface area (Å²) >= 11 is 1.86. The maximum absolute atomic E-state index is 5.97.